The Kier molecular flexibility index (Phi) is 2.90. The highest BCUT2D eigenvalue weighted by Crippen LogP contribution is 2.18. The molecule has 1 aliphatic heterocycles. The standard InChI is InChI=1S/C10H8F2N2O3/c11-5-2-1-3-6(12)8(5)14-9(15)7-4-17-10(16)13-7/h1-3,7H,4H2,(H,13,16)(H,14,15). The molecule has 7 heteroatoms. The molecule has 0 radical (unpaired) electrons. The Hall–Kier alpha value is -2.18. The quantitative estimate of drug-likeness (QED) is 0.813. The average Bonchev–Trinajstić information content (AvgIpc) is 2.70. The van der Waals surface area contributed by atoms with Gasteiger partial charge in [0.05, 0.1) is 0 Å². The van der Waals surface area contributed by atoms with Crippen LogP contribution < -0.4 is 10.6 Å². The fourth-order valence-corrected chi connectivity index (χ4v) is 1.35. The maximum Gasteiger partial charge on any atom is 0.407 e. The van der Waals surface area contributed by atoms with Crippen molar-refractivity contribution >= 4 is 17.7 Å². The van der Waals surface area contributed by atoms with E-state index in [-0.39, 0.29) is 6.61 Å². The third-order valence-corrected chi connectivity index (χ3v) is 2.20. The zero-order chi connectivity index (χ0) is 12.4. The Labute approximate surface area is 94.8 Å². The lowest BCUT2D eigenvalue weighted by Gasteiger charge is -2.10. The van der Waals surface area contributed by atoms with Crippen LogP contribution in [0.25, 0.3) is 0 Å². The molecule has 1 unspecified atom stereocenters. The highest BCUT2D eigenvalue weighted by molar-refractivity contribution is 5.97. The maximum atomic E-state index is 13.2. The predicted molar refractivity (Wildman–Crippen MR) is 53.3 cm³/mol. The number of amides is 2. The van der Waals surface area contributed by atoms with Crippen molar-refractivity contribution in [1.29, 1.82) is 0 Å². The molecule has 1 aliphatic rings. The topological polar surface area (TPSA) is 67.4 Å². The monoisotopic (exact) mass is 242 g/mol. The van der Waals surface area contributed by atoms with Crippen LogP contribution in [0.5, 0.6) is 0 Å². The molecule has 1 aromatic rings. The first-order valence-electron chi connectivity index (χ1n) is 4.76. The Balaban J connectivity index is 2.11. The van der Waals surface area contributed by atoms with Crippen molar-refractivity contribution in [2.45, 2.75) is 6.04 Å². The molecule has 0 aromatic heterocycles. The molecule has 1 heterocycles. The number of alkyl carbamates (subject to hydrolysis) is 1. The van der Waals surface area contributed by atoms with Crippen LogP contribution in [-0.4, -0.2) is 24.6 Å². The number of para-hydroxylation sites is 1. The summed E-state index contributed by atoms with van der Waals surface area (Å²) in [5, 5.41) is 4.25. The Morgan fingerprint density at radius 1 is 1.41 bits per heavy atom. The van der Waals surface area contributed by atoms with Crippen molar-refractivity contribution in [3.63, 3.8) is 0 Å². The summed E-state index contributed by atoms with van der Waals surface area (Å²) in [5.74, 6) is -2.51. The molecular weight excluding hydrogens is 234 g/mol. The normalized spacial score (nSPS) is 18.5. The molecule has 1 atom stereocenters. The van der Waals surface area contributed by atoms with Crippen LogP contribution in [0.2, 0.25) is 0 Å². The summed E-state index contributed by atoms with van der Waals surface area (Å²) in [4.78, 5) is 22.2. The molecule has 2 N–H and O–H groups in total. The second-order valence-electron chi connectivity index (χ2n) is 3.38. The second kappa shape index (κ2) is 4.36. The number of cyclic esters (lactones) is 1. The van der Waals surface area contributed by atoms with Gasteiger partial charge in [0.2, 0.25) is 0 Å². The molecule has 2 amide bonds. The Morgan fingerprint density at radius 3 is 2.59 bits per heavy atom. The van der Waals surface area contributed by atoms with Gasteiger partial charge in [0.1, 0.15) is 30.0 Å². The number of anilines is 1. The lowest BCUT2D eigenvalue weighted by Crippen LogP contribution is -2.39. The Bertz CT molecular complexity index is 458. The lowest BCUT2D eigenvalue weighted by molar-refractivity contribution is -0.117. The van der Waals surface area contributed by atoms with Crippen molar-refractivity contribution in [3.05, 3.63) is 29.8 Å². The van der Waals surface area contributed by atoms with E-state index in [9.17, 15) is 18.4 Å². The largest absolute Gasteiger partial charge is 0.447 e. The summed E-state index contributed by atoms with van der Waals surface area (Å²) in [5.41, 5.74) is -0.543. The fraction of sp³-hybridized carbons (Fsp3) is 0.200. The second-order valence-corrected chi connectivity index (χ2v) is 3.38. The van der Waals surface area contributed by atoms with E-state index in [1.165, 1.54) is 6.07 Å². The fourth-order valence-electron chi connectivity index (χ4n) is 1.35. The van der Waals surface area contributed by atoms with Crippen LogP contribution in [0, 0.1) is 11.6 Å². The molecule has 0 bridgehead atoms. The SMILES string of the molecule is O=C1NC(C(=O)Nc2c(F)cccc2F)CO1. The van der Waals surface area contributed by atoms with E-state index in [2.05, 4.69) is 15.4 Å². The van der Waals surface area contributed by atoms with Crippen molar-refractivity contribution in [3.8, 4) is 0 Å². The van der Waals surface area contributed by atoms with Crippen molar-refractivity contribution in [2.75, 3.05) is 11.9 Å². The highest BCUT2D eigenvalue weighted by Gasteiger charge is 2.29. The van der Waals surface area contributed by atoms with Crippen LogP contribution in [0.3, 0.4) is 0 Å². The van der Waals surface area contributed by atoms with Crippen molar-refractivity contribution in [2.24, 2.45) is 0 Å². The first kappa shape index (κ1) is 11.3. The average molecular weight is 242 g/mol. The molecule has 0 saturated carbocycles. The van der Waals surface area contributed by atoms with Gasteiger partial charge in [-0.05, 0) is 12.1 Å². The number of halogens is 2. The number of hydrogen-bond donors (Lipinski definition) is 2. The summed E-state index contributed by atoms with van der Waals surface area (Å²) in [7, 11) is 0. The minimum absolute atomic E-state index is 0.166. The molecule has 0 spiro atoms. The van der Waals surface area contributed by atoms with Gasteiger partial charge >= 0.3 is 6.09 Å². The molecule has 90 valence electrons. The molecule has 5 nitrogen and oxygen atoms in total. The first-order valence-corrected chi connectivity index (χ1v) is 4.76. The smallest absolute Gasteiger partial charge is 0.407 e. The van der Waals surface area contributed by atoms with E-state index in [1.807, 2.05) is 0 Å². The number of nitrogens with one attached hydrogen (secondary N) is 2. The minimum Gasteiger partial charge on any atom is -0.447 e. The van der Waals surface area contributed by atoms with Gasteiger partial charge in [0.15, 0.2) is 0 Å². The zero-order valence-electron chi connectivity index (χ0n) is 8.50. The number of benzene rings is 1. The molecule has 1 fully saturated rings. The van der Waals surface area contributed by atoms with E-state index in [4.69, 9.17) is 0 Å². The summed E-state index contributed by atoms with van der Waals surface area (Å²) < 4.78 is 30.9. The third-order valence-electron chi connectivity index (χ3n) is 2.20. The summed E-state index contributed by atoms with van der Waals surface area (Å²) in [6.45, 7) is -0.166. The minimum atomic E-state index is -0.943. The number of ether oxygens (including phenoxy) is 1. The maximum absolute atomic E-state index is 13.2. The van der Waals surface area contributed by atoms with E-state index in [0.717, 1.165) is 12.1 Å². The molecule has 0 aliphatic carbocycles. The van der Waals surface area contributed by atoms with Gasteiger partial charge in [-0.25, -0.2) is 13.6 Å². The van der Waals surface area contributed by atoms with Crippen LogP contribution in [0.1, 0.15) is 0 Å². The van der Waals surface area contributed by atoms with Crippen LogP contribution in [-0.2, 0) is 9.53 Å². The molecular formula is C10H8F2N2O3. The third kappa shape index (κ3) is 2.32. The lowest BCUT2D eigenvalue weighted by atomic mass is 10.2. The Morgan fingerprint density at radius 2 is 2.06 bits per heavy atom. The highest BCUT2D eigenvalue weighted by atomic mass is 19.1. The van der Waals surface area contributed by atoms with Gasteiger partial charge < -0.3 is 15.4 Å². The van der Waals surface area contributed by atoms with Gasteiger partial charge in [0.25, 0.3) is 5.91 Å². The van der Waals surface area contributed by atoms with E-state index in [1.54, 1.807) is 0 Å². The van der Waals surface area contributed by atoms with Crippen LogP contribution in [0.4, 0.5) is 19.3 Å². The van der Waals surface area contributed by atoms with Crippen LogP contribution >= 0.6 is 0 Å². The summed E-state index contributed by atoms with van der Waals surface area (Å²) in [6, 6.07) is 2.27. The molecule has 1 saturated heterocycles. The van der Waals surface area contributed by atoms with E-state index in [0.29, 0.717) is 0 Å². The van der Waals surface area contributed by atoms with Crippen LogP contribution in [0.15, 0.2) is 18.2 Å². The van der Waals surface area contributed by atoms with Crippen molar-refractivity contribution in [1.82, 2.24) is 5.32 Å². The molecule has 2 rings (SSSR count). The van der Waals surface area contributed by atoms with Gasteiger partial charge in [-0.15, -0.1) is 0 Å². The van der Waals surface area contributed by atoms with E-state index >= 15 is 0 Å². The molecule has 1 aromatic carbocycles. The summed E-state index contributed by atoms with van der Waals surface area (Å²) in [6.07, 6.45) is -0.737. The number of carbonyl (C=O) groups is 2. The number of carbonyl (C=O) groups excluding carboxylic acids is 2. The van der Waals surface area contributed by atoms with Gasteiger partial charge in [-0.1, -0.05) is 6.07 Å². The van der Waals surface area contributed by atoms with Crippen molar-refractivity contribution < 1.29 is 23.1 Å². The van der Waals surface area contributed by atoms with Gasteiger partial charge in [-0.2, -0.15) is 0 Å². The number of hydrogen-bond acceptors (Lipinski definition) is 3. The predicted octanol–water partition coefficient (Wildman–Crippen LogP) is 1.01. The number of rotatable bonds is 2. The summed E-state index contributed by atoms with van der Waals surface area (Å²) >= 11 is 0. The molecule has 17 heavy (non-hydrogen) atoms. The van der Waals surface area contributed by atoms with E-state index < -0.39 is 35.4 Å². The van der Waals surface area contributed by atoms with Gasteiger partial charge in [0, 0.05) is 0 Å². The first-order chi connectivity index (χ1) is 8.08. The van der Waals surface area contributed by atoms with Gasteiger partial charge in [-0.3, -0.25) is 4.79 Å². The zero-order valence-corrected chi connectivity index (χ0v) is 8.50.